The van der Waals surface area contributed by atoms with Crippen molar-refractivity contribution in [3.63, 3.8) is 0 Å². The van der Waals surface area contributed by atoms with Gasteiger partial charge < -0.3 is 8.85 Å². The van der Waals surface area contributed by atoms with Crippen LogP contribution in [0.3, 0.4) is 0 Å². The molecule has 1 aliphatic rings. The van der Waals surface area contributed by atoms with E-state index in [1.54, 1.807) is 20.3 Å². The Balaban J connectivity index is 0.000000217. The predicted octanol–water partition coefficient (Wildman–Crippen LogP) is 0.844. The third-order valence-electron chi connectivity index (χ3n) is 2.19. The van der Waals surface area contributed by atoms with Gasteiger partial charge in [0, 0.05) is 23.7 Å². The fourth-order valence-electron chi connectivity index (χ4n) is 1.45. The largest absolute Gasteiger partial charge is 0.402 e. The first-order chi connectivity index (χ1) is 5.62. The van der Waals surface area contributed by atoms with Crippen LogP contribution >= 0.6 is 0 Å². The number of hydrogen-bond donors (Lipinski definition) is 0. The molecule has 0 bridgehead atoms. The van der Waals surface area contributed by atoms with E-state index in [-0.39, 0.29) is 0 Å². The van der Waals surface area contributed by atoms with Gasteiger partial charge in [0.1, 0.15) is 0 Å². The van der Waals surface area contributed by atoms with Crippen LogP contribution in [0, 0.1) is 0 Å². The van der Waals surface area contributed by atoms with Gasteiger partial charge in [0.2, 0.25) is 0 Å². The van der Waals surface area contributed by atoms with E-state index in [0.717, 1.165) is 5.04 Å². The maximum Gasteiger partial charge on any atom is 0.303 e. The molecule has 4 heteroatoms. The molecule has 0 unspecified atom stereocenters. The summed E-state index contributed by atoms with van der Waals surface area (Å²) in [6.07, 6.45) is 3.04. The van der Waals surface area contributed by atoms with Crippen molar-refractivity contribution in [1.29, 1.82) is 0 Å². The Kier molecular flexibility index (Phi) is 7.03. The average Bonchev–Trinajstić information content (AvgIpc) is 2.37. The zero-order chi connectivity index (χ0) is 9.45. The first-order valence-electron chi connectivity index (χ1n) is 4.60. The van der Waals surface area contributed by atoms with Crippen LogP contribution in [0.4, 0.5) is 0 Å². The molecule has 0 amide bonds. The molecule has 1 rings (SSSR count). The quantitative estimate of drug-likeness (QED) is 0.624. The molecule has 12 heavy (non-hydrogen) atoms. The fraction of sp³-hybridized carbons (Fsp3) is 1.00. The van der Waals surface area contributed by atoms with Crippen LogP contribution in [0.25, 0.3) is 0 Å². The number of rotatable bonds is 2. The molecule has 0 radical (unpaired) electrons. The molecule has 1 saturated heterocycles. The summed E-state index contributed by atoms with van der Waals surface area (Å²) in [5.41, 5.74) is 0. The van der Waals surface area contributed by atoms with E-state index in [1.807, 2.05) is 0 Å². The lowest BCUT2D eigenvalue weighted by Gasteiger charge is -2.13. The van der Waals surface area contributed by atoms with Crippen LogP contribution in [-0.2, 0) is 8.85 Å². The van der Waals surface area contributed by atoms with Crippen molar-refractivity contribution in [2.75, 3.05) is 14.2 Å². The summed E-state index contributed by atoms with van der Waals surface area (Å²) in [4.78, 5) is 0. The van der Waals surface area contributed by atoms with Gasteiger partial charge in [-0.15, -0.1) is 0 Å². The van der Waals surface area contributed by atoms with E-state index in [0.29, 0.717) is 9.52 Å². The molecule has 0 aromatic heterocycles. The molecular formula is C8H22O2Si2. The van der Waals surface area contributed by atoms with Crippen molar-refractivity contribution in [2.45, 2.75) is 37.8 Å². The smallest absolute Gasteiger partial charge is 0.303 e. The summed E-state index contributed by atoms with van der Waals surface area (Å²) in [7, 11) is 3.10. The highest BCUT2D eigenvalue weighted by Crippen LogP contribution is 2.37. The Morgan fingerprint density at radius 2 is 1.83 bits per heavy atom. The lowest BCUT2D eigenvalue weighted by molar-refractivity contribution is 0.309. The second kappa shape index (κ2) is 6.83. The van der Waals surface area contributed by atoms with Crippen molar-refractivity contribution >= 4 is 19.5 Å². The van der Waals surface area contributed by atoms with Gasteiger partial charge in [-0.3, -0.25) is 0 Å². The highest BCUT2D eigenvalue weighted by atomic mass is 28.3. The van der Waals surface area contributed by atoms with Crippen LogP contribution < -0.4 is 0 Å². The first kappa shape index (κ1) is 12.4. The Morgan fingerprint density at radius 1 is 1.25 bits per heavy atom. The summed E-state index contributed by atoms with van der Waals surface area (Å²) in [6, 6.07) is 1.60. The third-order valence-corrected chi connectivity index (χ3v) is 5.22. The Labute approximate surface area is 80.9 Å². The van der Waals surface area contributed by atoms with Crippen LogP contribution in [0.2, 0.25) is 11.1 Å². The van der Waals surface area contributed by atoms with Crippen molar-refractivity contribution < 1.29 is 8.85 Å². The molecule has 0 saturated carbocycles. The topological polar surface area (TPSA) is 18.5 Å². The molecule has 1 fully saturated rings. The van der Waals surface area contributed by atoms with Gasteiger partial charge in [-0.25, -0.2) is 0 Å². The molecule has 74 valence electrons. The van der Waals surface area contributed by atoms with Crippen molar-refractivity contribution in [1.82, 2.24) is 0 Å². The molecular weight excluding hydrogens is 184 g/mol. The van der Waals surface area contributed by atoms with Gasteiger partial charge in [-0.05, 0) is 5.04 Å². The molecule has 0 aromatic rings. The van der Waals surface area contributed by atoms with E-state index in [1.165, 1.54) is 12.8 Å². The second-order valence-corrected chi connectivity index (χ2v) is 8.58. The highest BCUT2D eigenvalue weighted by Gasteiger charge is 2.22. The normalized spacial score (nSPS) is 22.0. The lowest BCUT2D eigenvalue weighted by atomic mass is 10.1. The maximum atomic E-state index is 4.61. The average molecular weight is 206 g/mol. The molecule has 1 aliphatic heterocycles. The van der Waals surface area contributed by atoms with Crippen molar-refractivity contribution in [2.24, 2.45) is 0 Å². The molecule has 1 heterocycles. The molecule has 0 atom stereocenters. The van der Waals surface area contributed by atoms with Crippen LogP contribution in [0.15, 0.2) is 0 Å². The summed E-state index contributed by atoms with van der Waals surface area (Å²) < 4.78 is 9.22. The summed E-state index contributed by atoms with van der Waals surface area (Å²) in [5, 5.41) is 0.833. The molecule has 0 N–H and O–H groups in total. The van der Waals surface area contributed by atoms with Gasteiger partial charge in [0.25, 0.3) is 0 Å². The van der Waals surface area contributed by atoms with Gasteiger partial charge in [-0.1, -0.05) is 32.7 Å². The van der Waals surface area contributed by atoms with Crippen LogP contribution in [-0.4, -0.2) is 33.7 Å². The SMILES string of the molecule is CC1(C)CCC[SiH2]1.CO[SiH2]OC. The van der Waals surface area contributed by atoms with E-state index in [9.17, 15) is 0 Å². The van der Waals surface area contributed by atoms with Gasteiger partial charge in [-0.2, -0.15) is 0 Å². The Bertz CT molecular complexity index is 97.2. The van der Waals surface area contributed by atoms with E-state index >= 15 is 0 Å². The molecule has 0 spiro atoms. The van der Waals surface area contributed by atoms with Crippen LogP contribution in [0.1, 0.15) is 26.7 Å². The van der Waals surface area contributed by atoms with Gasteiger partial charge >= 0.3 is 10.0 Å². The zero-order valence-corrected chi connectivity index (χ0v) is 11.7. The molecule has 0 aliphatic carbocycles. The monoisotopic (exact) mass is 206 g/mol. The fourth-order valence-corrected chi connectivity index (χ4v) is 3.64. The molecule has 0 aromatic carbocycles. The first-order valence-corrected chi connectivity index (χ1v) is 7.46. The maximum absolute atomic E-state index is 4.61. The third kappa shape index (κ3) is 7.03. The minimum Gasteiger partial charge on any atom is -0.402 e. The lowest BCUT2D eigenvalue weighted by Crippen LogP contribution is -2.02. The summed E-state index contributed by atoms with van der Waals surface area (Å²) >= 11 is 0. The number of hydrogen-bond acceptors (Lipinski definition) is 2. The van der Waals surface area contributed by atoms with E-state index in [4.69, 9.17) is 0 Å². The Morgan fingerprint density at radius 3 is 1.92 bits per heavy atom. The Hall–Kier alpha value is 0.354. The molecule has 2 nitrogen and oxygen atoms in total. The highest BCUT2D eigenvalue weighted by molar-refractivity contribution is 6.40. The minimum absolute atomic E-state index is 0.371. The summed E-state index contributed by atoms with van der Waals surface area (Å²) in [5.74, 6) is 0. The van der Waals surface area contributed by atoms with Gasteiger partial charge in [0.15, 0.2) is 0 Å². The van der Waals surface area contributed by atoms with E-state index in [2.05, 4.69) is 22.7 Å². The zero-order valence-electron chi connectivity index (χ0n) is 8.85. The minimum atomic E-state index is -0.568. The second-order valence-electron chi connectivity index (χ2n) is 4.07. The van der Waals surface area contributed by atoms with Gasteiger partial charge in [0.05, 0.1) is 0 Å². The van der Waals surface area contributed by atoms with Crippen LogP contribution in [0.5, 0.6) is 0 Å². The van der Waals surface area contributed by atoms with Crippen molar-refractivity contribution in [3.05, 3.63) is 0 Å². The van der Waals surface area contributed by atoms with Crippen molar-refractivity contribution in [3.8, 4) is 0 Å². The van der Waals surface area contributed by atoms with E-state index < -0.39 is 10.0 Å². The summed E-state index contributed by atoms with van der Waals surface area (Å²) in [6.45, 7) is 4.85. The predicted molar refractivity (Wildman–Crippen MR) is 59.2 cm³/mol. The standard InChI is InChI=1S/C6H14Si.C2H8O2Si/c1-6(2)4-3-5-7-6;1-3-5-4-2/h3-5,7H2,1-2H3;5H2,1-2H3.